The zero-order valence-corrected chi connectivity index (χ0v) is 7.76. The molecule has 1 atom stereocenters. The summed E-state index contributed by atoms with van der Waals surface area (Å²) in [7, 11) is 2.56. The van der Waals surface area contributed by atoms with Gasteiger partial charge in [-0.15, -0.1) is 0 Å². The number of esters is 1. The maximum Gasteiger partial charge on any atom is 0.416 e. The normalized spacial score (nSPS) is 21.3. The van der Waals surface area contributed by atoms with E-state index < -0.39 is 24.1 Å². The van der Waals surface area contributed by atoms with Crippen molar-refractivity contribution in [3.05, 3.63) is 0 Å². The molecule has 1 unspecified atom stereocenters. The average Bonchev–Trinajstić information content (AvgIpc) is 2.42. The number of carbonyl (C=O) groups is 3. The summed E-state index contributed by atoms with van der Waals surface area (Å²) in [4.78, 5) is 34.6. The van der Waals surface area contributed by atoms with Crippen LogP contribution in [-0.4, -0.2) is 59.7 Å². The van der Waals surface area contributed by atoms with Crippen molar-refractivity contribution in [1.29, 1.82) is 0 Å². The molecule has 14 heavy (non-hydrogen) atoms. The molecule has 0 aliphatic carbocycles. The molecule has 1 saturated heterocycles. The fraction of sp³-hybridized carbons (Fsp3) is 0.571. The SMILES string of the molecule is COC(=O)C1CN(C)C(=O)N1C(=O)O. The van der Waals surface area contributed by atoms with Gasteiger partial charge in [0.05, 0.1) is 13.7 Å². The van der Waals surface area contributed by atoms with Gasteiger partial charge in [-0.3, -0.25) is 0 Å². The Morgan fingerprint density at radius 2 is 2.14 bits per heavy atom. The van der Waals surface area contributed by atoms with Crippen molar-refractivity contribution in [3.8, 4) is 0 Å². The zero-order valence-electron chi connectivity index (χ0n) is 7.76. The molecule has 1 aliphatic rings. The number of imide groups is 1. The number of carbonyl (C=O) groups excluding carboxylic acids is 2. The van der Waals surface area contributed by atoms with Gasteiger partial charge in [0.25, 0.3) is 0 Å². The number of ether oxygens (including phenoxy) is 1. The van der Waals surface area contributed by atoms with Gasteiger partial charge < -0.3 is 14.7 Å². The molecule has 3 amide bonds. The van der Waals surface area contributed by atoms with Crippen LogP contribution in [0.3, 0.4) is 0 Å². The third kappa shape index (κ3) is 1.48. The van der Waals surface area contributed by atoms with Gasteiger partial charge in [0, 0.05) is 7.05 Å². The largest absolute Gasteiger partial charge is 0.467 e. The molecule has 1 heterocycles. The van der Waals surface area contributed by atoms with E-state index in [4.69, 9.17) is 5.11 Å². The number of urea groups is 1. The molecule has 1 rings (SSSR count). The Kier molecular flexibility index (Phi) is 2.59. The van der Waals surface area contributed by atoms with Crippen LogP contribution in [0.4, 0.5) is 9.59 Å². The van der Waals surface area contributed by atoms with E-state index in [2.05, 4.69) is 4.74 Å². The molecular weight excluding hydrogens is 192 g/mol. The second kappa shape index (κ2) is 3.52. The summed E-state index contributed by atoms with van der Waals surface area (Å²) < 4.78 is 4.39. The van der Waals surface area contributed by atoms with Gasteiger partial charge in [-0.1, -0.05) is 0 Å². The standard InChI is InChI=1S/C7H10N2O5/c1-8-3-4(5(10)14-2)9(6(8)11)7(12)13/h4H,3H2,1-2H3,(H,12,13). The lowest BCUT2D eigenvalue weighted by molar-refractivity contribution is -0.144. The van der Waals surface area contributed by atoms with E-state index in [1.165, 1.54) is 7.05 Å². The predicted molar refractivity (Wildman–Crippen MR) is 43.7 cm³/mol. The Hall–Kier alpha value is -1.79. The maximum atomic E-state index is 11.2. The van der Waals surface area contributed by atoms with Gasteiger partial charge in [-0.2, -0.15) is 0 Å². The lowest BCUT2D eigenvalue weighted by atomic mass is 10.3. The van der Waals surface area contributed by atoms with Crippen molar-refractivity contribution in [1.82, 2.24) is 9.80 Å². The Labute approximate surface area is 79.8 Å². The van der Waals surface area contributed by atoms with Crippen molar-refractivity contribution in [2.24, 2.45) is 0 Å². The van der Waals surface area contributed by atoms with E-state index >= 15 is 0 Å². The Morgan fingerprint density at radius 3 is 2.57 bits per heavy atom. The molecule has 1 fully saturated rings. The van der Waals surface area contributed by atoms with E-state index in [1.54, 1.807) is 0 Å². The molecule has 78 valence electrons. The number of methoxy groups -OCH3 is 1. The molecule has 0 aromatic heterocycles. The van der Waals surface area contributed by atoms with Crippen LogP contribution in [0.2, 0.25) is 0 Å². The number of rotatable bonds is 1. The lowest BCUT2D eigenvalue weighted by Gasteiger charge is -2.14. The molecule has 1 aliphatic heterocycles. The summed E-state index contributed by atoms with van der Waals surface area (Å²) in [5.41, 5.74) is 0. The van der Waals surface area contributed by atoms with E-state index in [0.29, 0.717) is 4.90 Å². The van der Waals surface area contributed by atoms with Gasteiger partial charge in [-0.25, -0.2) is 19.3 Å². The highest BCUT2D eigenvalue weighted by Crippen LogP contribution is 2.15. The highest BCUT2D eigenvalue weighted by molar-refractivity contribution is 5.98. The molecule has 0 aromatic rings. The molecule has 0 spiro atoms. The summed E-state index contributed by atoms with van der Waals surface area (Å²) in [6, 6.07) is -1.78. The summed E-state index contributed by atoms with van der Waals surface area (Å²) in [6.45, 7) is 0.0256. The smallest absolute Gasteiger partial charge is 0.416 e. The summed E-state index contributed by atoms with van der Waals surface area (Å²) in [5.74, 6) is -0.731. The highest BCUT2D eigenvalue weighted by atomic mass is 16.5. The third-order valence-electron chi connectivity index (χ3n) is 1.97. The first-order valence-corrected chi connectivity index (χ1v) is 3.84. The number of carboxylic acid groups (broad SMARTS) is 1. The first-order valence-electron chi connectivity index (χ1n) is 3.84. The molecule has 0 saturated carbocycles. The van der Waals surface area contributed by atoms with Crippen molar-refractivity contribution < 1.29 is 24.2 Å². The quantitative estimate of drug-likeness (QED) is 0.583. The van der Waals surface area contributed by atoms with Crippen LogP contribution in [0, 0.1) is 0 Å². The summed E-state index contributed by atoms with van der Waals surface area (Å²) in [5, 5.41) is 8.69. The van der Waals surface area contributed by atoms with E-state index in [0.717, 1.165) is 12.0 Å². The number of nitrogens with zero attached hydrogens (tertiary/aromatic N) is 2. The summed E-state index contributed by atoms with van der Waals surface area (Å²) in [6.07, 6.45) is -1.45. The van der Waals surface area contributed by atoms with E-state index in [-0.39, 0.29) is 6.54 Å². The molecule has 7 heteroatoms. The van der Waals surface area contributed by atoms with Gasteiger partial charge in [0.15, 0.2) is 6.04 Å². The van der Waals surface area contributed by atoms with Crippen LogP contribution in [0.25, 0.3) is 0 Å². The van der Waals surface area contributed by atoms with Gasteiger partial charge in [0.2, 0.25) is 0 Å². The van der Waals surface area contributed by atoms with Crippen molar-refractivity contribution in [2.45, 2.75) is 6.04 Å². The monoisotopic (exact) mass is 202 g/mol. The van der Waals surface area contributed by atoms with Crippen LogP contribution < -0.4 is 0 Å². The summed E-state index contributed by atoms with van der Waals surface area (Å²) >= 11 is 0. The minimum atomic E-state index is -1.45. The van der Waals surface area contributed by atoms with Crippen LogP contribution in [-0.2, 0) is 9.53 Å². The Bertz CT molecular complexity index is 290. The number of amides is 3. The van der Waals surface area contributed by atoms with E-state index in [1.807, 2.05) is 0 Å². The van der Waals surface area contributed by atoms with Crippen molar-refractivity contribution >= 4 is 18.1 Å². The predicted octanol–water partition coefficient (Wildman–Crippen LogP) is -0.427. The molecule has 0 radical (unpaired) electrons. The minimum Gasteiger partial charge on any atom is -0.467 e. The number of likely N-dealkylation sites (N-methyl/N-ethyl adjacent to an activating group) is 1. The van der Waals surface area contributed by atoms with Crippen molar-refractivity contribution in [2.75, 3.05) is 20.7 Å². The molecule has 0 bridgehead atoms. The lowest BCUT2D eigenvalue weighted by Crippen LogP contribution is -2.43. The zero-order chi connectivity index (χ0) is 10.9. The van der Waals surface area contributed by atoms with Crippen LogP contribution in [0.1, 0.15) is 0 Å². The van der Waals surface area contributed by atoms with Crippen LogP contribution in [0.15, 0.2) is 0 Å². The Balaban J connectivity index is 2.91. The second-order valence-corrected chi connectivity index (χ2v) is 2.85. The van der Waals surface area contributed by atoms with Gasteiger partial charge in [-0.05, 0) is 0 Å². The fourth-order valence-electron chi connectivity index (χ4n) is 1.27. The van der Waals surface area contributed by atoms with E-state index in [9.17, 15) is 14.4 Å². The third-order valence-corrected chi connectivity index (χ3v) is 1.97. The molecule has 1 N–H and O–H groups in total. The molecule has 0 aromatic carbocycles. The molecular formula is C7H10N2O5. The maximum absolute atomic E-state index is 11.2. The first-order chi connectivity index (χ1) is 6.49. The van der Waals surface area contributed by atoms with Crippen LogP contribution in [0.5, 0.6) is 0 Å². The van der Waals surface area contributed by atoms with Crippen molar-refractivity contribution in [3.63, 3.8) is 0 Å². The molecule has 7 nitrogen and oxygen atoms in total. The average molecular weight is 202 g/mol. The van der Waals surface area contributed by atoms with Gasteiger partial charge in [0.1, 0.15) is 0 Å². The number of hydrogen-bond acceptors (Lipinski definition) is 4. The Morgan fingerprint density at radius 1 is 1.57 bits per heavy atom. The first kappa shape index (κ1) is 10.3. The van der Waals surface area contributed by atoms with Gasteiger partial charge >= 0.3 is 18.1 Å². The topological polar surface area (TPSA) is 87.2 Å². The minimum absolute atomic E-state index is 0.0256. The number of hydrogen-bond donors (Lipinski definition) is 1. The highest BCUT2D eigenvalue weighted by Gasteiger charge is 2.44. The second-order valence-electron chi connectivity index (χ2n) is 2.85. The fourth-order valence-corrected chi connectivity index (χ4v) is 1.27. The van der Waals surface area contributed by atoms with Crippen LogP contribution >= 0.6 is 0 Å².